The summed E-state index contributed by atoms with van der Waals surface area (Å²) in [6, 6.07) is 8.07. The lowest BCUT2D eigenvalue weighted by Gasteiger charge is -2.17. The molecule has 2 N–H and O–H groups in total. The van der Waals surface area contributed by atoms with Crippen molar-refractivity contribution in [3.63, 3.8) is 0 Å². The molecule has 0 amide bonds. The first-order chi connectivity index (χ1) is 9.31. The zero-order valence-corrected chi connectivity index (χ0v) is 12.3. The van der Waals surface area contributed by atoms with Gasteiger partial charge in [-0.1, -0.05) is 18.2 Å². The Morgan fingerprint density at radius 2 is 2.32 bits per heavy atom. The molecule has 1 aliphatic rings. The fraction of sp³-hybridized carbons (Fsp3) is 0.600. The Labute approximate surface area is 119 Å². The van der Waals surface area contributed by atoms with Gasteiger partial charge in [0.25, 0.3) is 0 Å². The smallest absolute Gasteiger partial charge is 0.124 e. The molecule has 2 rings (SSSR count). The van der Waals surface area contributed by atoms with Crippen molar-refractivity contribution in [3.05, 3.63) is 29.8 Å². The quantitative estimate of drug-likeness (QED) is 0.834. The van der Waals surface area contributed by atoms with E-state index in [0.29, 0.717) is 12.7 Å². The lowest BCUT2D eigenvalue weighted by Crippen LogP contribution is -2.17. The van der Waals surface area contributed by atoms with Crippen LogP contribution >= 0.6 is 11.8 Å². The molecule has 0 bridgehead atoms. The SMILES string of the molecule is CCOc1ccccc1C(N)CSCC1CCCO1. The van der Waals surface area contributed by atoms with Gasteiger partial charge >= 0.3 is 0 Å². The van der Waals surface area contributed by atoms with Gasteiger partial charge in [-0.2, -0.15) is 11.8 Å². The molecule has 1 heterocycles. The maximum absolute atomic E-state index is 6.27. The number of rotatable bonds is 7. The number of para-hydroxylation sites is 1. The van der Waals surface area contributed by atoms with E-state index in [1.807, 2.05) is 36.9 Å². The molecule has 19 heavy (non-hydrogen) atoms. The molecule has 2 atom stereocenters. The zero-order chi connectivity index (χ0) is 13.5. The van der Waals surface area contributed by atoms with Crippen LogP contribution in [0.15, 0.2) is 24.3 Å². The van der Waals surface area contributed by atoms with Crippen molar-refractivity contribution in [1.29, 1.82) is 0 Å². The van der Waals surface area contributed by atoms with Gasteiger partial charge in [-0.05, 0) is 25.8 Å². The largest absolute Gasteiger partial charge is 0.494 e. The minimum Gasteiger partial charge on any atom is -0.494 e. The average molecular weight is 281 g/mol. The number of ether oxygens (including phenoxy) is 2. The molecule has 2 unspecified atom stereocenters. The molecule has 0 radical (unpaired) electrons. The second-order valence-electron chi connectivity index (χ2n) is 4.75. The molecule has 4 heteroatoms. The Kier molecular flexibility index (Phi) is 6.01. The standard InChI is InChI=1S/C15H23NO2S/c1-2-17-15-8-4-3-7-13(15)14(16)11-19-10-12-6-5-9-18-12/h3-4,7-8,12,14H,2,5-6,9-11,16H2,1H3. The fourth-order valence-electron chi connectivity index (χ4n) is 2.27. The Balaban J connectivity index is 1.82. The van der Waals surface area contributed by atoms with Gasteiger partial charge < -0.3 is 15.2 Å². The van der Waals surface area contributed by atoms with E-state index < -0.39 is 0 Å². The van der Waals surface area contributed by atoms with E-state index in [4.69, 9.17) is 15.2 Å². The first-order valence-corrected chi connectivity index (χ1v) is 8.13. The molecule has 0 aliphatic carbocycles. The molecule has 1 aromatic rings. The summed E-state index contributed by atoms with van der Waals surface area (Å²) in [6.07, 6.45) is 2.82. The summed E-state index contributed by atoms with van der Waals surface area (Å²) < 4.78 is 11.2. The molecule has 0 aromatic heterocycles. The molecule has 3 nitrogen and oxygen atoms in total. The molecular weight excluding hydrogens is 258 g/mol. The molecule has 1 aliphatic heterocycles. The second kappa shape index (κ2) is 7.78. The Hall–Kier alpha value is -0.710. The van der Waals surface area contributed by atoms with Crippen molar-refractivity contribution in [2.75, 3.05) is 24.7 Å². The maximum atomic E-state index is 6.27. The summed E-state index contributed by atoms with van der Waals surface area (Å²) in [5, 5.41) is 0. The summed E-state index contributed by atoms with van der Waals surface area (Å²) in [7, 11) is 0. The van der Waals surface area contributed by atoms with Gasteiger partial charge in [-0.3, -0.25) is 0 Å². The highest BCUT2D eigenvalue weighted by Gasteiger charge is 2.17. The van der Waals surface area contributed by atoms with Crippen LogP contribution < -0.4 is 10.5 Å². The minimum atomic E-state index is 0.0224. The van der Waals surface area contributed by atoms with Gasteiger partial charge in [0.15, 0.2) is 0 Å². The maximum Gasteiger partial charge on any atom is 0.124 e. The second-order valence-corrected chi connectivity index (χ2v) is 5.82. The van der Waals surface area contributed by atoms with Crippen LogP contribution in [0, 0.1) is 0 Å². The molecule has 106 valence electrons. The summed E-state index contributed by atoms with van der Waals surface area (Å²) in [4.78, 5) is 0. The van der Waals surface area contributed by atoms with Crippen molar-refractivity contribution in [2.45, 2.75) is 31.9 Å². The van der Waals surface area contributed by atoms with Crippen LogP contribution in [0.3, 0.4) is 0 Å². The predicted octanol–water partition coefficient (Wildman–Crippen LogP) is 3.00. The van der Waals surface area contributed by atoms with Gasteiger partial charge in [0.2, 0.25) is 0 Å². The van der Waals surface area contributed by atoms with E-state index in [9.17, 15) is 0 Å². The summed E-state index contributed by atoms with van der Waals surface area (Å²) in [5.41, 5.74) is 7.37. The minimum absolute atomic E-state index is 0.0224. The molecule has 0 saturated carbocycles. The van der Waals surface area contributed by atoms with Gasteiger partial charge in [0, 0.05) is 29.7 Å². The molecule has 1 aromatic carbocycles. The van der Waals surface area contributed by atoms with Crippen molar-refractivity contribution >= 4 is 11.8 Å². The first kappa shape index (κ1) is 14.7. The molecule has 0 spiro atoms. The fourth-order valence-corrected chi connectivity index (χ4v) is 3.36. The Bertz CT molecular complexity index is 380. The third-order valence-corrected chi connectivity index (χ3v) is 4.45. The van der Waals surface area contributed by atoms with Crippen LogP contribution in [0.5, 0.6) is 5.75 Å². The van der Waals surface area contributed by atoms with Gasteiger partial charge in [-0.25, -0.2) is 0 Å². The molecule has 1 fully saturated rings. The monoisotopic (exact) mass is 281 g/mol. The summed E-state index contributed by atoms with van der Waals surface area (Å²) in [6.45, 7) is 3.59. The number of hydrogen-bond acceptors (Lipinski definition) is 4. The van der Waals surface area contributed by atoms with Crippen LogP contribution in [0.2, 0.25) is 0 Å². The zero-order valence-electron chi connectivity index (χ0n) is 11.5. The van der Waals surface area contributed by atoms with E-state index >= 15 is 0 Å². The number of nitrogens with two attached hydrogens (primary N) is 1. The van der Waals surface area contributed by atoms with Crippen molar-refractivity contribution in [1.82, 2.24) is 0 Å². The summed E-state index contributed by atoms with van der Waals surface area (Å²) >= 11 is 1.87. The van der Waals surface area contributed by atoms with E-state index in [1.54, 1.807) is 0 Å². The van der Waals surface area contributed by atoms with Crippen molar-refractivity contribution in [2.24, 2.45) is 5.73 Å². The van der Waals surface area contributed by atoms with E-state index in [2.05, 4.69) is 6.07 Å². The van der Waals surface area contributed by atoms with Gasteiger partial charge in [0.1, 0.15) is 5.75 Å². The highest BCUT2D eigenvalue weighted by molar-refractivity contribution is 7.99. The summed E-state index contributed by atoms with van der Waals surface area (Å²) in [5.74, 6) is 2.87. The van der Waals surface area contributed by atoms with Crippen LogP contribution in [0.4, 0.5) is 0 Å². The topological polar surface area (TPSA) is 44.5 Å². The number of benzene rings is 1. The van der Waals surface area contributed by atoms with Crippen molar-refractivity contribution in [3.8, 4) is 5.75 Å². The predicted molar refractivity (Wildman–Crippen MR) is 80.8 cm³/mol. The van der Waals surface area contributed by atoms with E-state index in [1.165, 1.54) is 12.8 Å². The van der Waals surface area contributed by atoms with Crippen LogP contribution in [0.1, 0.15) is 31.4 Å². The highest BCUT2D eigenvalue weighted by atomic mass is 32.2. The third kappa shape index (κ3) is 4.41. The van der Waals surface area contributed by atoms with Crippen molar-refractivity contribution < 1.29 is 9.47 Å². The highest BCUT2D eigenvalue weighted by Crippen LogP contribution is 2.27. The van der Waals surface area contributed by atoms with Crippen LogP contribution in [-0.2, 0) is 4.74 Å². The molecule has 1 saturated heterocycles. The lowest BCUT2D eigenvalue weighted by atomic mass is 10.1. The van der Waals surface area contributed by atoms with Gasteiger partial charge in [-0.15, -0.1) is 0 Å². The molecular formula is C15H23NO2S. The first-order valence-electron chi connectivity index (χ1n) is 6.98. The van der Waals surface area contributed by atoms with E-state index in [-0.39, 0.29) is 6.04 Å². The number of thioether (sulfide) groups is 1. The Morgan fingerprint density at radius 1 is 1.47 bits per heavy atom. The Morgan fingerprint density at radius 3 is 3.05 bits per heavy atom. The van der Waals surface area contributed by atoms with Gasteiger partial charge in [0.05, 0.1) is 12.7 Å². The average Bonchev–Trinajstić information content (AvgIpc) is 2.93. The lowest BCUT2D eigenvalue weighted by molar-refractivity contribution is 0.129. The normalized spacial score (nSPS) is 20.4. The van der Waals surface area contributed by atoms with Crippen LogP contribution in [0.25, 0.3) is 0 Å². The van der Waals surface area contributed by atoms with Crippen LogP contribution in [-0.4, -0.2) is 30.8 Å². The number of hydrogen-bond donors (Lipinski definition) is 1. The van der Waals surface area contributed by atoms with E-state index in [0.717, 1.165) is 29.4 Å². The third-order valence-electron chi connectivity index (χ3n) is 3.24.